The van der Waals surface area contributed by atoms with Crippen LogP contribution in [0.1, 0.15) is 0 Å². The number of amides is 1. The largest absolute Gasteiger partial charge is 0.497 e. The van der Waals surface area contributed by atoms with Crippen LogP contribution in [0, 0.1) is 0 Å². The molecule has 0 aliphatic rings. The zero-order chi connectivity index (χ0) is 20.9. The zero-order valence-corrected chi connectivity index (χ0v) is 17.0. The summed E-state index contributed by atoms with van der Waals surface area (Å²) in [5, 5.41) is 0. The number of carbonyl (C=O) groups excluding carboxylic acids is 1. The van der Waals surface area contributed by atoms with Crippen LogP contribution in [0.15, 0.2) is 89.8 Å². The fraction of sp³-hybridized carbons (Fsp3) is 0.136. The summed E-state index contributed by atoms with van der Waals surface area (Å²) in [5.41, 5.74) is 1.03. The van der Waals surface area contributed by atoms with Crippen molar-refractivity contribution in [3.63, 3.8) is 0 Å². The lowest BCUT2D eigenvalue weighted by Gasteiger charge is -2.27. The Kier molecular flexibility index (Phi) is 6.19. The first kappa shape index (κ1) is 20.4. The van der Waals surface area contributed by atoms with E-state index < -0.39 is 10.0 Å². The third-order valence-electron chi connectivity index (χ3n) is 4.47. The number of hydrogen-bond donors (Lipinski definition) is 0. The Hall–Kier alpha value is -3.32. The van der Waals surface area contributed by atoms with Crippen molar-refractivity contribution in [2.75, 3.05) is 29.9 Å². The van der Waals surface area contributed by atoms with Gasteiger partial charge in [-0.15, -0.1) is 0 Å². The van der Waals surface area contributed by atoms with Crippen molar-refractivity contribution in [3.8, 4) is 5.75 Å². The second-order valence-electron chi connectivity index (χ2n) is 6.31. The van der Waals surface area contributed by atoms with Crippen molar-refractivity contribution in [3.05, 3.63) is 84.9 Å². The predicted octanol–water partition coefficient (Wildman–Crippen LogP) is 3.55. The van der Waals surface area contributed by atoms with Gasteiger partial charge >= 0.3 is 0 Å². The second-order valence-corrected chi connectivity index (χ2v) is 8.18. The lowest BCUT2D eigenvalue weighted by atomic mass is 10.3. The van der Waals surface area contributed by atoms with E-state index >= 15 is 0 Å². The van der Waals surface area contributed by atoms with Crippen LogP contribution in [-0.4, -0.2) is 35.0 Å². The van der Waals surface area contributed by atoms with Crippen LogP contribution in [0.3, 0.4) is 0 Å². The van der Waals surface area contributed by atoms with Gasteiger partial charge in [-0.3, -0.25) is 9.10 Å². The quantitative estimate of drug-likeness (QED) is 0.597. The Morgan fingerprint density at radius 2 is 1.45 bits per heavy atom. The Balaban J connectivity index is 2.00. The molecule has 7 heteroatoms. The number of carbonyl (C=O) groups is 1. The highest BCUT2D eigenvalue weighted by atomic mass is 32.2. The number of para-hydroxylation sites is 1. The van der Waals surface area contributed by atoms with Gasteiger partial charge in [-0.2, -0.15) is 0 Å². The lowest BCUT2D eigenvalue weighted by molar-refractivity contribution is -0.116. The highest BCUT2D eigenvalue weighted by molar-refractivity contribution is 7.92. The Morgan fingerprint density at radius 1 is 0.862 bits per heavy atom. The van der Waals surface area contributed by atoms with Gasteiger partial charge in [0.05, 0.1) is 17.7 Å². The molecule has 0 heterocycles. The summed E-state index contributed by atoms with van der Waals surface area (Å²) in [6.07, 6.45) is 0. The van der Waals surface area contributed by atoms with Crippen molar-refractivity contribution in [2.24, 2.45) is 0 Å². The first-order valence-electron chi connectivity index (χ1n) is 8.97. The van der Waals surface area contributed by atoms with E-state index in [2.05, 4.69) is 0 Å². The van der Waals surface area contributed by atoms with Gasteiger partial charge in [-0.1, -0.05) is 42.5 Å². The van der Waals surface area contributed by atoms with Crippen LogP contribution < -0.4 is 13.9 Å². The number of nitrogens with zero attached hydrogens (tertiary/aromatic N) is 2. The second kappa shape index (κ2) is 8.79. The normalized spacial score (nSPS) is 11.0. The Morgan fingerprint density at radius 3 is 2.07 bits per heavy atom. The van der Waals surface area contributed by atoms with Gasteiger partial charge in [0.1, 0.15) is 12.3 Å². The van der Waals surface area contributed by atoms with E-state index in [1.165, 1.54) is 24.1 Å². The molecular weight excluding hydrogens is 388 g/mol. The summed E-state index contributed by atoms with van der Waals surface area (Å²) >= 11 is 0. The maximum atomic E-state index is 13.3. The molecule has 1 amide bonds. The van der Waals surface area contributed by atoms with Crippen LogP contribution in [-0.2, 0) is 14.8 Å². The van der Waals surface area contributed by atoms with Crippen LogP contribution in [0.4, 0.5) is 11.4 Å². The topological polar surface area (TPSA) is 66.9 Å². The molecule has 0 saturated carbocycles. The summed E-state index contributed by atoms with van der Waals surface area (Å²) in [6.45, 7) is -0.351. The predicted molar refractivity (Wildman–Crippen MR) is 114 cm³/mol. The number of ether oxygens (including phenoxy) is 1. The molecule has 0 spiro atoms. The van der Waals surface area contributed by atoms with Gasteiger partial charge in [-0.25, -0.2) is 8.42 Å². The zero-order valence-electron chi connectivity index (χ0n) is 16.2. The Labute approximate surface area is 171 Å². The monoisotopic (exact) mass is 410 g/mol. The van der Waals surface area contributed by atoms with Crippen LogP contribution in [0.25, 0.3) is 0 Å². The standard InChI is InChI=1S/C22H22N2O4S/c1-23(18-10-5-3-6-11-18)22(25)17-24(19-12-9-13-20(16-19)28-2)29(26,27)21-14-7-4-8-15-21/h3-16H,17H2,1-2H3. The third-order valence-corrected chi connectivity index (χ3v) is 6.26. The summed E-state index contributed by atoms with van der Waals surface area (Å²) in [6, 6.07) is 23.8. The average Bonchev–Trinajstić information content (AvgIpc) is 2.77. The van der Waals surface area contributed by atoms with E-state index in [4.69, 9.17) is 4.74 Å². The molecule has 0 atom stereocenters. The van der Waals surface area contributed by atoms with E-state index in [-0.39, 0.29) is 17.3 Å². The minimum atomic E-state index is -3.96. The molecule has 0 fully saturated rings. The van der Waals surface area contributed by atoms with Gasteiger partial charge in [0.15, 0.2) is 0 Å². The Bertz CT molecular complexity index is 1070. The maximum Gasteiger partial charge on any atom is 0.264 e. The molecular formula is C22H22N2O4S. The SMILES string of the molecule is COc1cccc(N(CC(=O)N(C)c2ccccc2)S(=O)(=O)c2ccccc2)c1. The minimum Gasteiger partial charge on any atom is -0.497 e. The number of hydrogen-bond acceptors (Lipinski definition) is 4. The molecule has 3 rings (SSSR count). The molecule has 3 aromatic carbocycles. The summed E-state index contributed by atoms with van der Waals surface area (Å²) in [4.78, 5) is 14.5. The fourth-order valence-corrected chi connectivity index (χ4v) is 4.25. The number of benzene rings is 3. The number of rotatable bonds is 7. The molecule has 3 aromatic rings. The van der Waals surface area contributed by atoms with E-state index in [0.29, 0.717) is 17.1 Å². The van der Waals surface area contributed by atoms with Gasteiger partial charge < -0.3 is 9.64 Å². The van der Waals surface area contributed by atoms with Gasteiger partial charge in [0, 0.05) is 18.8 Å². The van der Waals surface area contributed by atoms with Gasteiger partial charge in [0.25, 0.3) is 10.0 Å². The highest BCUT2D eigenvalue weighted by Gasteiger charge is 2.28. The lowest BCUT2D eigenvalue weighted by Crippen LogP contribution is -2.41. The van der Waals surface area contributed by atoms with Crippen molar-refractivity contribution < 1.29 is 17.9 Å². The van der Waals surface area contributed by atoms with E-state index in [1.54, 1.807) is 61.6 Å². The summed E-state index contributed by atoms with van der Waals surface area (Å²) in [7, 11) is -0.835. The molecule has 0 aliphatic carbocycles. The molecule has 0 radical (unpaired) electrons. The van der Waals surface area contributed by atoms with Gasteiger partial charge in [0.2, 0.25) is 5.91 Å². The number of methoxy groups -OCH3 is 1. The molecule has 0 unspecified atom stereocenters. The number of sulfonamides is 1. The number of anilines is 2. The molecule has 0 N–H and O–H groups in total. The van der Waals surface area contributed by atoms with Crippen LogP contribution in [0.2, 0.25) is 0 Å². The molecule has 29 heavy (non-hydrogen) atoms. The molecule has 0 aromatic heterocycles. The fourth-order valence-electron chi connectivity index (χ4n) is 2.82. The summed E-state index contributed by atoms with van der Waals surface area (Å²) in [5.74, 6) is 0.137. The van der Waals surface area contributed by atoms with E-state index in [9.17, 15) is 13.2 Å². The van der Waals surface area contributed by atoms with Crippen molar-refractivity contribution in [2.45, 2.75) is 4.90 Å². The average molecular weight is 410 g/mol. The van der Waals surface area contributed by atoms with Crippen molar-refractivity contribution >= 4 is 27.3 Å². The van der Waals surface area contributed by atoms with Crippen LogP contribution in [0.5, 0.6) is 5.75 Å². The van der Waals surface area contributed by atoms with E-state index in [0.717, 1.165) is 4.31 Å². The maximum absolute atomic E-state index is 13.3. The molecule has 0 bridgehead atoms. The van der Waals surface area contributed by atoms with Crippen molar-refractivity contribution in [1.82, 2.24) is 0 Å². The third kappa shape index (κ3) is 4.57. The smallest absolute Gasteiger partial charge is 0.264 e. The van der Waals surface area contributed by atoms with Crippen LogP contribution >= 0.6 is 0 Å². The van der Waals surface area contributed by atoms with Gasteiger partial charge in [-0.05, 0) is 36.4 Å². The number of likely N-dealkylation sites (N-methyl/N-ethyl adjacent to an activating group) is 1. The molecule has 150 valence electrons. The minimum absolute atomic E-state index is 0.109. The first-order valence-corrected chi connectivity index (χ1v) is 10.4. The summed E-state index contributed by atoms with van der Waals surface area (Å²) < 4.78 is 33.0. The molecule has 6 nitrogen and oxygen atoms in total. The van der Waals surface area contributed by atoms with E-state index in [1.807, 2.05) is 18.2 Å². The molecule has 0 saturated heterocycles. The molecule has 0 aliphatic heterocycles. The van der Waals surface area contributed by atoms with Crippen molar-refractivity contribution in [1.29, 1.82) is 0 Å². The first-order chi connectivity index (χ1) is 13.9. The highest BCUT2D eigenvalue weighted by Crippen LogP contribution is 2.27.